The van der Waals surface area contributed by atoms with Crippen LogP contribution in [0.5, 0.6) is 0 Å². The molecule has 1 aliphatic heterocycles. The van der Waals surface area contributed by atoms with Crippen molar-refractivity contribution in [3.05, 3.63) is 24.2 Å². The zero-order valence-electron chi connectivity index (χ0n) is 8.20. The summed E-state index contributed by atoms with van der Waals surface area (Å²) in [6.45, 7) is 4.63. The van der Waals surface area contributed by atoms with Crippen LogP contribution in [0.25, 0.3) is 0 Å². The standard InChI is InChI=1S/C11H17NO/c1-2-12-7-4-3-5-11(12)10-6-8-13-9-10/h6,8-9,11H,2-5,7H2,1H3. The highest BCUT2D eigenvalue weighted by Crippen LogP contribution is 2.30. The number of hydrogen-bond donors (Lipinski definition) is 0. The molecule has 0 radical (unpaired) electrons. The maximum absolute atomic E-state index is 5.13. The van der Waals surface area contributed by atoms with Gasteiger partial charge in [-0.15, -0.1) is 0 Å². The van der Waals surface area contributed by atoms with Crippen molar-refractivity contribution in [1.29, 1.82) is 0 Å². The van der Waals surface area contributed by atoms with Gasteiger partial charge in [-0.05, 0) is 32.0 Å². The van der Waals surface area contributed by atoms with E-state index < -0.39 is 0 Å². The van der Waals surface area contributed by atoms with Crippen LogP contribution in [-0.4, -0.2) is 18.0 Å². The minimum absolute atomic E-state index is 0.609. The Morgan fingerprint density at radius 2 is 2.46 bits per heavy atom. The van der Waals surface area contributed by atoms with Gasteiger partial charge in [0.05, 0.1) is 12.5 Å². The molecule has 2 nitrogen and oxygen atoms in total. The molecular formula is C11H17NO. The quantitative estimate of drug-likeness (QED) is 0.694. The molecule has 2 heterocycles. The molecule has 0 N–H and O–H groups in total. The second-order valence-corrected chi connectivity index (χ2v) is 3.70. The molecule has 0 amide bonds. The summed E-state index contributed by atoms with van der Waals surface area (Å²) >= 11 is 0. The zero-order chi connectivity index (χ0) is 9.10. The van der Waals surface area contributed by atoms with Gasteiger partial charge in [-0.2, -0.15) is 0 Å². The number of piperidine rings is 1. The van der Waals surface area contributed by atoms with Crippen LogP contribution in [0.2, 0.25) is 0 Å². The Hall–Kier alpha value is -0.760. The summed E-state index contributed by atoms with van der Waals surface area (Å²) in [6.07, 6.45) is 7.65. The van der Waals surface area contributed by atoms with E-state index in [2.05, 4.69) is 17.9 Å². The summed E-state index contributed by atoms with van der Waals surface area (Å²) in [4.78, 5) is 2.54. The molecule has 0 aromatic carbocycles. The van der Waals surface area contributed by atoms with Crippen LogP contribution in [0.3, 0.4) is 0 Å². The van der Waals surface area contributed by atoms with Crippen LogP contribution < -0.4 is 0 Å². The lowest BCUT2D eigenvalue weighted by Crippen LogP contribution is -2.32. The Kier molecular flexibility index (Phi) is 2.69. The molecule has 1 aromatic rings. The number of nitrogens with zero attached hydrogens (tertiary/aromatic N) is 1. The van der Waals surface area contributed by atoms with Gasteiger partial charge in [0.2, 0.25) is 0 Å². The molecule has 0 saturated carbocycles. The normalized spacial score (nSPS) is 24.8. The average molecular weight is 179 g/mol. The Bertz CT molecular complexity index is 243. The van der Waals surface area contributed by atoms with Crippen LogP contribution in [-0.2, 0) is 0 Å². The third kappa shape index (κ3) is 1.78. The van der Waals surface area contributed by atoms with Crippen molar-refractivity contribution in [1.82, 2.24) is 4.90 Å². The topological polar surface area (TPSA) is 16.4 Å². The second-order valence-electron chi connectivity index (χ2n) is 3.70. The highest BCUT2D eigenvalue weighted by atomic mass is 16.3. The molecule has 1 atom stereocenters. The molecule has 0 spiro atoms. The molecule has 1 aromatic heterocycles. The van der Waals surface area contributed by atoms with Crippen molar-refractivity contribution in [2.45, 2.75) is 32.2 Å². The van der Waals surface area contributed by atoms with Gasteiger partial charge in [-0.3, -0.25) is 4.90 Å². The van der Waals surface area contributed by atoms with E-state index in [9.17, 15) is 0 Å². The fourth-order valence-electron chi connectivity index (χ4n) is 2.21. The summed E-state index contributed by atoms with van der Waals surface area (Å²) in [5.41, 5.74) is 1.35. The molecule has 13 heavy (non-hydrogen) atoms. The maximum Gasteiger partial charge on any atom is 0.0950 e. The molecule has 1 aliphatic rings. The fourth-order valence-corrected chi connectivity index (χ4v) is 2.21. The van der Waals surface area contributed by atoms with Crippen LogP contribution in [0.1, 0.15) is 37.8 Å². The molecule has 0 aliphatic carbocycles. The maximum atomic E-state index is 5.13. The second kappa shape index (κ2) is 3.97. The lowest BCUT2D eigenvalue weighted by Gasteiger charge is -2.34. The van der Waals surface area contributed by atoms with Gasteiger partial charge in [0.25, 0.3) is 0 Å². The Morgan fingerprint density at radius 1 is 1.54 bits per heavy atom. The van der Waals surface area contributed by atoms with E-state index in [0.717, 1.165) is 6.54 Å². The van der Waals surface area contributed by atoms with Crippen LogP contribution in [0.15, 0.2) is 23.0 Å². The lowest BCUT2D eigenvalue weighted by molar-refractivity contribution is 0.156. The predicted molar refractivity (Wildman–Crippen MR) is 52.5 cm³/mol. The summed E-state index contributed by atoms with van der Waals surface area (Å²) in [6, 6.07) is 2.70. The van der Waals surface area contributed by atoms with E-state index in [1.165, 1.54) is 31.4 Å². The van der Waals surface area contributed by atoms with Gasteiger partial charge in [0, 0.05) is 11.6 Å². The molecule has 1 saturated heterocycles. The third-order valence-corrected chi connectivity index (χ3v) is 2.95. The van der Waals surface area contributed by atoms with Crippen molar-refractivity contribution < 1.29 is 4.42 Å². The highest BCUT2D eigenvalue weighted by molar-refractivity contribution is 5.12. The molecule has 1 fully saturated rings. The van der Waals surface area contributed by atoms with E-state index in [4.69, 9.17) is 4.42 Å². The number of likely N-dealkylation sites (tertiary alicyclic amines) is 1. The molecule has 0 bridgehead atoms. The molecule has 2 heteroatoms. The molecular weight excluding hydrogens is 162 g/mol. The van der Waals surface area contributed by atoms with E-state index in [0.29, 0.717) is 6.04 Å². The number of rotatable bonds is 2. The minimum atomic E-state index is 0.609. The van der Waals surface area contributed by atoms with Gasteiger partial charge in [0.15, 0.2) is 0 Å². The first-order valence-corrected chi connectivity index (χ1v) is 5.18. The summed E-state index contributed by atoms with van der Waals surface area (Å²) in [7, 11) is 0. The number of hydrogen-bond acceptors (Lipinski definition) is 2. The minimum Gasteiger partial charge on any atom is -0.472 e. The summed E-state index contributed by atoms with van der Waals surface area (Å²) < 4.78 is 5.13. The van der Waals surface area contributed by atoms with Gasteiger partial charge in [-0.25, -0.2) is 0 Å². The van der Waals surface area contributed by atoms with Gasteiger partial charge >= 0.3 is 0 Å². The first-order valence-electron chi connectivity index (χ1n) is 5.18. The van der Waals surface area contributed by atoms with Crippen LogP contribution in [0, 0.1) is 0 Å². The Labute approximate surface area is 79.5 Å². The van der Waals surface area contributed by atoms with Gasteiger partial charge in [0.1, 0.15) is 0 Å². The lowest BCUT2D eigenvalue weighted by atomic mass is 9.97. The smallest absolute Gasteiger partial charge is 0.0950 e. The number of furan rings is 1. The Balaban J connectivity index is 2.11. The van der Waals surface area contributed by atoms with Gasteiger partial charge < -0.3 is 4.42 Å². The predicted octanol–water partition coefficient (Wildman–Crippen LogP) is 2.83. The highest BCUT2D eigenvalue weighted by Gasteiger charge is 2.22. The van der Waals surface area contributed by atoms with E-state index in [1.54, 1.807) is 6.26 Å². The van der Waals surface area contributed by atoms with Gasteiger partial charge in [-0.1, -0.05) is 13.3 Å². The van der Waals surface area contributed by atoms with E-state index in [1.807, 2.05) is 6.26 Å². The average Bonchev–Trinajstić information content (AvgIpc) is 2.70. The first kappa shape index (κ1) is 8.82. The van der Waals surface area contributed by atoms with E-state index >= 15 is 0 Å². The SMILES string of the molecule is CCN1CCCCC1c1ccoc1. The van der Waals surface area contributed by atoms with E-state index in [-0.39, 0.29) is 0 Å². The molecule has 1 unspecified atom stereocenters. The zero-order valence-corrected chi connectivity index (χ0v) is 8.20. The van der Waals surface area contributed by atoms with Crippen molar-refractivity contribution in [3.8, 4) is 0 Å². The van der Waals surface area contributed by atoms with Crippen LogP contribution in [0.4, 0.5) is 0 Å². The van der Waals surface area contributed by atoms with Crippen molar-refractivity contribution in [3.63, 3.8) is 0 Å². The van der Waals surface area contributed by atoms with Crippen LogP contribution >= 0.6 is 0 Å². The summed E-state index contributed by atoms with van der Waals surface area (Å²) in [5.74, 6) is 0. The first-order chi connectivity index (χ1) is 6.42. The monoisotopic (exact) mass is 179 g/mol. The van der Waals surface area contributed by atoms with Crippen molar-refractivity contribution >= 4 is 0 Å². The summed E-state index contributed by atoms with van der Waals surface area (Å²) in [5, 5.41) is 0. The van der Waals surface area contributed by atoms with Crippen molar-refractivity contribution in [2.75, 3.05) is 13.1 Å². The van der Waals surface area contributed by atoms with Crippen molar-refractivity contribution in [2.24, 2.45) is 0 Å². The Morgan fingerprint density at radius 3 is 3.15 bits per heavy atom. The molecule has 72 valence electrons. The third-order valence-electron chi connectivity index (χ3n) is 2.95. The largest absolute Gasteiger partial charge is 0.472 e. The molecule has 2 rings (SSSR count). The fraction of sp³-hybridized carbons (Fsp3) is 0.636.